The fourth-order valence-electron chi connectivity index (χ4n) is 2.82. The highest BCUT2D eigenvalue weighted by Gasteiger charge is 2.33. The van der Waals surface area contributed by atoms with E-state index in [9.17, 15) is 9.59 Å². The van der Waals surface area contributed by atoms with Crippen LogP contribution < -0.4 is 10.6 Å². The lowest BCUT2D eigenvalue weighted by molar-refractivity contribution is -0.133. The van der Waals surface area contributed by atoms with Crippen molar-refractivity contribution < 1.29 is 14.0 Å². The van der Waals surface area contributed by atoms with Crippen molar-refractivity contribution in [1.82, 2.24) is 15.5 Å². The Morgan fingerprint density at radius 2 is 2.23 bits per heavy atom. The molecule has 2 rings (SSSR count). The number of hydrogen-bond acceptors (Lipinski definition) is 4. The molecule has 0 aromatic carbocycles. The van der Waals surface area contributed by atoms with Gasteiger partial charge in [0.2, 0.25) is 5.91 Å². The lowest BCUT2D eigenvalue weighted by atomic mass is 10.0. The van der Waals surface area contributed by atoms with Gasteiger partial charge in [0.15, 0.2) is 5.76 Å². The predicted octanol–water partition coefficient (Wildman–Crippen LogP) is 1.10. The van der Waals surface area contributed by atoms with E-state index in [0.29, 0.717) is 5.92 Å². The summed E-state index contributed by atoms with van der Waals surface area (Å²) in [4.78, 5) is 26.7. The third-order valence-corrected chi connectivity index (χ3v) is 4.05. The molecule has 1 aromatic rings. The number of amides is 2. The highest BCUT2D eigenvalue weighted by molar-refractivity contribution is 5.95. The van der Waals surface area contributed by atoms with Crippen LogP contribution in [0.1, 0.15) is 30.8 Å². The first-order valence-corrected chi connectivity index (χ1v) is 7.80. The smallest absolute Gasteiger partial charge is 0.287 e. The summed E-state index contributed by atoms with van der Waals surface area (Å²) >= 11 is 0. The Bertz CT molecular complexity index is 499. The monoisotopic (exact) mass is 307 g/mol. The minimum atomic E-state index is -0.522. The average Bonchev–Trinajstić information content (AvgIpc) is 3.15. The molecule has 2 unspecified atom stereocenters. The molecule has 1 aliphatic heterocycles. The maximum absolute atomic E-state index is 12.7. The fraction of sp³-hybridized carbons (Fsp3) is 0.625. The van der Waals surface area contributed by atoms with E-state index in [-0.39, 0.29) is 23.5 Å². The van der Waals surface area contributed by atoms with Crippen LogP contribution in [-0.4, -0.2) is 49.4 Å². The molecule has 1 fully saturated rings. The molecule has 2 amide bonds. The Labute approximate surface area is 131 Å². The third-order valence-electron chi connectivity index (χ3n) is 4.05. The summed E-state index contributed by atoms with van der Waals surface area (Å²) in [6, 6.07) is 2.73. The lowest BCUT2D eigenvalue weighted by Gasteiger charge is -2.26. The Morgan fingerprint density at radius 1 is 1.45 bits per heavy atom. The summed E-state index contributed by atoms with van der Waals surface area (Å²) in [5.41, 5.74) is 0. The molecule has 1 aliphatic rings. The summed E-state index contributed by atoms with van der Waals surface area (Å²) in [6.07, 6.45) is 2.45. The van der Waals surface area contributed by atoms with Crippen LogP contribution in [0, 0.1) is 11.8 Å². The number of furan rings is 1. The van der Waals surface area contributed by atoms with Crippen LogP contribution in [-0.2, 0) is 4.79 Å². The maximum atomic E-state index is 12.7. The van der Waals surface area contributed by atoms with Crippen molar-refractivity contribution in [3.63, 3.8) is 0 Å². The second kappa shape index (κ2) is 7.45. The molecule has 1 saturated heterocycles. The number of hydrogen-bond donors (Lipinski definition) is 2. The second-order valence-electron chi connectivity index (χ2n) is 6.17. The van der Waals surface area contributed by atoms with Gasteiger partial charge in [-0.15, -0.1) is 0 Å². The van der Waals surface area contributed by atoms with E-state index in [0.717, 1.165) is 26.1 Å². The summed E-state index contributed by atoms with van der Waals surface area (Å²) in [5, 5.41) is 5.95. The second-order valence-corrected chi connectivity index (χ2v) is 6.17. The molecule has 6 nitrogen and oxygen atoms in total. The van der Waals surface area contributed by atoms with E-state index in [1.807, 2.05) is 25.8 Å². The van der Waals surface area contributed by atoms with Gasteiger partial charge in [-0.05, 0) is 44.0 Å². The molecule has 2 N–H and O–H groups in total. The maximum Gasteiger partial charge on any atom is 0.287 e. The number of nitrogens with one attached hydrogen (secondary N) is 2. The minimum absolute atomic E-state index is 0.00601. The van der Waals surface area contributed by atoms with Crippen molar-refractivity contribution in [3.8, 4) is 0 Å². The van der Waals surface area contributed by atoms with E-state index in [1.165, 1.54) is 6.26 Å². The number of nitrogens with zero attached hydrogens (tertiary/aromatic N) is 1. The first-order chi connectivity index (χ1) is 10.5. The highest BCUT2D eigenvalue weighted by atomic mass is 16.3. The zero-order chi connectivity index (χ0) is 16.1. The van der Waals surface area contributed by atoms with Gasteiger partial charge in [0, 0.05) is 13.1 Å². The Morgan fingerprint density at radius 3 is 2.82 bits per heavy atom. The van der Waals surface area contributed by atoms with Crippen LogP contribution in [0.4, 0.5) is 0 Å². The number of rotatable bonds is 6. The number of carbonyl (C=O) groups is 2. The van der Waals surface area contributed by atoms with E-state index in [1.54, 1.807) is 12.1 Å². The van der Waals surface area contributed by atoms with Gasteiger partial charge in [-0.25, -0.2) is 0 Å². The molecule has 0 radical (unpaired) electrons. The largest absolute Gasteiger partial charge is 0.459 e. The standard InChI is InChI=1S/C16H25N3O3/c1-11(2)14(18-15(20)13-5-4-8-22-13)16(21)19-7-6-12(10-19)9-17-3/h4-5,8,11-12,14,17H,6-7,9-10H2,1-3H3,(H,18,20). The zero-order valence-corrected chi connectivity index (χ0v) is 13.5. The molecule has 0 bridgehead atoms. The van der Waals surface area contributed by atoms with Gasteiger partial charge >= 0.3 is 0 Å². The molecule has 2 atom stereocenters. The van der Waals surface area contributed by atoms with Crippen molar-refractivity contribution in [3.05, 3.63) is 24.2 Å². The van der Waals surface area contributed by atoms with Gasteiger partial charge in [0.1, 0.15) is 6.04 Å². The van der Waals surface area contributed by atoms with Gasteiger partial charge in [0.25, 0.3) is 5.91 Å². The van der Waals surface area contributed by atoms with Crippen LogP contribution in [0.5, 0.6) is 0 Å². The summed E-state index contributed by atoms with van der Waals surface area (Å²) < 4.78 is 5.08. The number of carbonyl (C=O) groups excluding carboxylic acids is 2. The Kier molecular flexibility index (Phi) is 5.60. The lowest BCUT2D eigenvalue weighted by Crippen LogP contribution is -2.50. The van der Waals surface area contributed by atoms with E-state index in [2.05, 4.69) is 10.6 Å². The summed E-state index contributed by atoms with van der Waals surface area (Å²) in [5.74, 6) is 0.391. The van der Waals surface area contributed by atoms with Crippen LogP contribution in [0.25, 0.3) is 0 Å². The van der Waals surface area contributed by atoms with E-state index >= 15 is 0 Å². The number of likely N-dealkylation sites (tertiary alicyclic amines) is 1. The van der Waals surface area contributed by atoms with Crippen molar-refractivity contribution in [2.24, 2.45) is 11.8 Å². The van der Waals surface area contributed by atoms with Gasteiger partial charge in [0.05, 0.1) is 6.26 Å². The first-order valence-electron chi connectivity index (χ1n) is 7.80. The molecule has 122 valence electrons. The van der Waals surface area contributed by atoms with E-state index < -0.39 is 6.04 Å². The summed E-state index contributed by atoms with van der Waals surface area (Å²) in [6.45, 7) is 6.29. The Hall–Kier alpha value is -1.82. The molecule has 2 heterocycles. The van der Waals surface area contributed by atoms with Gasteiger partial charge in [-0.3, -0.25) is 9.59 Å². The van der Waals surface area contributed by atoms with Crippen LogP contribution in [0.15, 0.2) is 22.8 Å². The fourth-order valence-corrected chi connectivity index (χ4v) is 2.82. The molecule has 0 saturated carbocycles. The molecular weight excluding hydrogens is 282 g/mol. The van der Waals surface area contributed by atoms with Crippen molar-refractivity contribution in [1.29, 1.82) is 0 Å². The molecule has 22 heavy (non-hydrogen) atoms. The molecule has 6 heteroatoms. The normalized spacial score (nSPS) is 19.5. The Balaban J connectivity index is 1.99. The SMILES string of the molecule is CNCC1CCN(C(=O)C(NC(=O)c2ccco2)C(C)C)C1. The quantitative estimate of drug-likeness (QED) is 0.825. The van der Waals surface area contributed by atoms with Crippen molar-refractivity contribution in [2.75, 3.05) is 26.7 Å². The topological polar surface area (TPSA) is 74.6 Å². The minimum Gasteiger partial charge on any atom is -0.459 e. The van der Waals surface area contributed by atoms with Gasteiger partial charge in [-0.1, -0.05) is 13.8 Å². The van der Waals surface area contributed by atoms with Crippen molar-refractivity contribution >= 4 is 11.8 Å². The van der Waals surface area contributed by atoms with Gasteiger partial charge in [-0.2, -0.15) is 0 Å². The molecule has 0 aliphatic carbocycles. The predicted molar refractivity (Wildman–Crippen MR) is 83.4 cm³/mol. The van der Waals surface area contributed by atoms with Gasteiger partial charge < -0.3 is 20.0 Å². The van der Waals surface area contributed by atoms with Crippen molar-refractivity contribution in [2.45, 2.75) is 26.3 Å². The highest BCUT2D eigenvalue weighted by Crippen LogP contribution is 2.18. The summed E-state index contributed by atoms with van der Waals surface area (Å²) in [7, 11) is 1.92. The van der Waals surface area contributed by atoms with E-state index in [4.69, 9.17) is 4.42 Å². The molecule has 1 aromatic heterocycles. The zero-order valence-electron chi connectivity index (χ0n) is 13.5. The first kappa shape index (κ1) is 16.5. The van der Waals surface area contributed by atoms with Crippen LogP contribution >= 0.6 is 0 Å². The molecule has 0 spiro atoms. The van der Waals surface area contributed by atoms with Crippen LogP contribution in [0.2, 0.25) is 0 Å². The average molecular weight is 307 g/mol. The third kappa shape index (κ3) is 3.88. The molecular formula is C16H25N3O3. The van der Waals surface area contributed by atoms with Crippen LogP contribution in [0.3, 0.4) is 0 Å².